The molecule has 0 spiro atoms. The number of carbonyl (C=O) groups is 1. The predicted molar refractivity (Wildman–Crippen MR) is 68.7 cm³/mol. The van der Waals surface area contributed by atoms with Crippen LogP contribution in [-0.4, -0.2) is 11.1 Å². The van der Waals surface area contributed by atoms with E-state index < -0.39 is 5.97 Å². The first kappa shape index (κ1) is 12.7. The lowest BCUT2D eigenvalue weighted by molar-refractivity contribution is -0.136. The van der Waals surface area contributed by atoms with Gasteiger partial charge in [-0.2, -0.15) is 0 Å². The topological polar surface area (TPSA) is 37.3 Å². The second-order valence-corrected chi connectivity index (χ2v) is 6.01. The zero-order chi connectivity index (χ0) is 12.4. The van der Waals surface area contributed by atoms with Gasteiger partial charge in [0.05, 0.1) is 6.42 Å². The Morgan fingerprint density at radius 2 is 1.88 bits per heavy atom. The summed E-state index contributed by atoms with van der Waals surface area (Å²) in [5.74, 6) is 2.05. The molecule has 2 rings (SSSR count). The van der Waals surface area contributed by atoms with E-state index in [0.717, 1.165) is 23.8 Å². The Balaban J connectivity index is 2.09. The molecule has 0 aliphatic heterocycles. The summed E-state index contributed by atoms with van der Waals surface area (Å²) in [6.45, 7) is 6.41. The summed E-state index contributed by atoms with van der Waals surface area (Å²) in [4.78, 5) is 10.8. The van der Waals surface area contributed by atoms with Crippen LogP contribution < -0.4 is 0 Å². The highest BCUT2D eigenvalue weighted by Crippen LogP contribution is 2.49. The van der Waals surface area contributed by atoms with Crippen LogP contribution in [0.25, 0.3) is 0 Å². The minimum Gasteiger partial charge on any atom is -0.481 e. The fraction of sp³-hybridized carbons (Fsp3) is 0.800. The third kappa shape index (κ3) is 2.72. The summed E-state index contributed by atoms with van der Waals surface area (Å²) in [7, 11) is 0. The molecule has 0 bridgehead atoms. The molecule has 0 aromatic carbocycles. The van der Waals surface area contributed by atoms with Crippen molar-refractivity contribution in [2.24, 2.45) is 23.7 Å². The minimum atomic E-state index is -0.722. The fourth-order valence-electron chi connectivity index (χ4n) is 4.21. The number of rotatable bonds is 3. The van der Waals surface area contributed by atoms with Crippen LogP contribution in [0.3, 0.4) is 0 Å². The van der Waals surface area contributed by atoms with Gasteiger partial charge in [-0.15, -0.1) is 0 Å². The first-order chi connectivity index (χ1) is 8.09. The smallest absolute Gasteiger partial charge is 0.307 e. The Morgan fingerprint density at radius 3 is 2.53 bits per heavy atom. The van der Waals surface area contributed by atoms with Crippen molar-refractivity contribution < 1.29 is 9.90 Å². The van der Waals surface area contributed by atoms with Gasteiger partial charge in [-0.25, -0.2) is 0 Å². The lowest BCUT2D eigenvalue weighted by atomic mass is 9.59. The van der Waals surface area contributed by atoms with Gasteiger partial charge in [0.2, 0.25) is 0 Å². The summed E-state index contributed by atoms with van der Waals surface area (Å²) in [5, 5.41) is 8.92. The van der Waals surface area contributed by atoms with E-state index in [9.17, 15) is 4.79 Å². The van der Waals surface area contributed by atoms with Crippen molar-refractivity contribution >= 4 is 5.97 Å². The molecule has 0 aromatic heterocycles. The molecule has 0 amide bonds. The second-order valence-electron chi connectivity index (χ2n) is 6.01. The molecule has 0 aromatic rings. The van der Waals surface area contributed by atoms with Crippen LogP contribution in [0.1, 0.15) is 51.9 Å². The third-order valence-electron chi connectivity index (χ3n) is 4.89. The van der Waals surface area contributed by atoms with E-state index in [1.54, 1.807) is 0 Å². The van der Waals surface area contributed by atoms with E-state index >= 15 is 0 Å². The van der Waals surface area contributed by atoms with E-state index in [1.165, 1.54) is 32.1 Å². The molecule has 2 aliphatic rings. The maximum Gasteiger partial charge on any atom is 0.307 e. The normalized spacial score (nSPS) is 37.2. The minimum absolute atomic E-state index is 0.167. The van der Waals surface area contributed by atoms with Gasteiger partial charge in [0, 0.05) is 0 Å². The summed E-state index contributed by atoms with van der Waals surface area (Å²) in [6.07, 6.45) is 7.98. The van der Waals surface area contributed by atoms with Crippen molar-refractivity contribution in [3.63, 3.8) is 0 Å². The molecule has 1 N–H and O–H groups in total. The van der Waals surface area contributed by atoms with Gasteiger partial charge in [-0.3, -0.25) is 4.79 Å². The van der Waals surface area contributed by atoms with E-state index in [1.807, 2.05) is 0 Å². The number of hydrogen-bond donors (Lipinski definition) is 1. The highest BCUT2D eigenvalue weighted by molar-refractivity contribution is 5.70. The Hall–Kier alpha value is -0.790. The highest BCUT2D eigenvalue weighted by Gasteiger charge is 2.39. The third-order valence-corrected chi connectivity index (χ3v) is 4.89. The van der Waals surface area contributed by atoms with Crippen molar-refractivity contribution in [2.75, 3.05) is 0 Å². The molecule has 0 heterocycles. The van der Waals surface area contributed by atoms with Crippen molar-refractivity contribution in [1.82, 2.24) is 0 Å². The largest absolute Gasteiger partial charge is 0.481 e. The van der Waals surface area contributed by atoms with Crippen molar-refractivity contribution in [3.05, 3.63) is 12.2 Å². The first-order valence-corrected chi connectivity index (χ1v) is 6.99. The van der Waals surface area contributed by atoms with Gasteiger partial charge >= 0.3 is 5.97 Å². The van der Waals surface area contributed by atoms with Crippen LogP contribution in [0.4, 0.5) is 0 Å². The monoisotopic (exact) mass is 236 g/mol. The number of carboxylic acid groups (broad SMARTS) is 1. The standard InChI is InChI=1S/C15H24O2/c1-10-5-3-6-12-7-4-8-13(15(10)12)11(2)9-14(16)17/h10,12-13,15H,2-9H2,1H3,(H,16,17). The molecule has 2 heteroatoms. The van der Waals surface area contributed by atoms with Crippen LogP contribution in [0, 0.1) is 23.7 Å². The van der Waals surface area contributed by atoms with Gasteiger partial charge in [-0.05, 0) is 30.1 Å². The number of hydrogen-bond acceptors (Lipinski definition) is 1. The van der Waals surface area contributed by atoms with Gasteiger partial charge in [0.1, 0.15) is 0 Å². The predicted octanol–water partition coefficient (Wildman–Crippen LogP) is 3.87. The Bertz CT molecular complexity index is 306. The molecule has 2 nitrogen and oxygen atoms in total. The average molecular weight is 236 g/mol. The van der Waals surface area contributed by atoms with Gasteiger partial charge < -0.3 is 5.11 Å². The van der Waals surface area contributed by atoms with Gasteiger partial charge in [0.25, 0.3) is 0 Å². The molecular weight excluding hydrogens is 212 g/mol. The average Bonchev–Trinajstić information content (AvgIpc) is 2.28. The molecular formula is C15H24O2. The van der Waals surface area contributed by atoms with E-state index in [0.29, 0.717) is 11.8 Å². The molecule has 4 unspecified atom stereocenters. The quantitative estimate of drug-likeness (QED) is 0.755. The van der Waals surface area contributed by atoms with Gasteiger partial charge in [0.15, 0.2) is 0 Å². The maximum absolute atomic E-state index is 10.8. The van der Waals surface area contributed by atoms with Gasteiger partial charge in [-0.1, -0.05) is 51.2 Å². The maximum atomic E-state index is 10.8. The zero-order valence-corrected chi connectivity index (χ0v) is 10.8. The number of fused-ring (bicyclic) bond motifs is 1. The lowest BCUT2D eigenvalue weighted by Crippen LogP contribution is -2.37. The van der Waals surface area contributed by atoms with Crippen molar-refractivity contribution in [1.29, 1.82) is 0 Å². The summed E-state index contributed by atoms with van der Waals surface area (Å²) in [5.41, 5.74) is 0.973. The summed E-state index contributed by atoms with van der Waals surface area (Å²) < 4.78 is 0. The second kappa shape index (κ2) is 5.24. The molecule has 0 radical (unpaired) electrons. The summed E-state index contributed by atoms with van der Waals surface area (Å²) in [6, 6.07) is 0. The fourth-order valence-corrected chi connectivity index (χ4v) is 4.21. The van der Waals surface area contributed by atoms with Crippen LogP contribution in [0.15, 0.2) is 12.2 Å². The lowest BCUT2D eigenvalue weighted by Gasteiger charge is -2.45. The van der Waals surface area contributed by atoms with E-state index in [-0.39, 0.29) is 6.42 Å². The molecule has 2 saturated carbocycles. The molecule has 4 atom stereocenters. The first-order valence-electron chi connectivity index (χ1n) is 6.99. The van der Waals surface area contributed by atoms with Crippen molar-refractivity contribution in [3.8, 4) is 0 Å². The molecule has 0 saturated heterocycles. The molecule has 96 valence electrons. The summed E-state index contributed by atoms with van der Waals surface area (Å²) >= 11 is 0. The number of aliphatic carboxylic acids is 1. The van der Waals surface area contributed by atoms with Crippen LogP contribution in [0.5, 0.6) is 0 Å². The van der Waals surface area contributed by atoms with Crippen LogP contribution in [0.2, 0.25) is 0 Å². The Morgan fingerprint density at radius 1 is 1.24 bits per heavy atom. The van der Waals surface area contributed by atoms with E-state index in [4.69, 9.17) is 5.11 Å². The van der Waals surface area contributed by atoms with Crippen LogP contribution >= 0.6 is 0 Å². The Kier molecular flexibility index (Phi) is 3.90. The molecule has 2 aliphatic carbocycles. The SMILES string of the molecule is C=C(CC(=O)O)C1CCCC2CCCC(C)C21. The van der Waals surface area contributed by atoms with Crippen molar-refractivity contribution in [2.45, 2.75) is 51.9 Å². The van der Waals surface area contributed by atoms with E-state index in [2.05, 4.69) is 13.5 Å². The van der Waals surface area contributed by atoms with Crippen LogP contribution in [-0.2, 0) is 4.79 Å². The number of carboxylic acids is 1. The Labute approximate surface area is 104 Å². The highest BCUT2D eigenvalue weighted by atomic mass is 16.4. The zero-order valence-electron chi connectivity index (χ0n) is 10.8. The molecule has 17 heavy (non-hydrogen) atoms. The molecule has 2 fully saturated rings.